The molecule has 0 aliphatic carbocycles. The van der Waals surface area contributed by atoms with Crippen LogP contribution in [0.25, 0.3) is 11.4 Å². The second-order valence-electron chi connectivity index (χ2n) is 6.04. The summed E-state index contributed by atoms with van der Waals surface area (Å²) in [7, 11) is 0. The molecule has 1 aliphatic rings. The van der Waals surface area contributed by atoms with Crippen LogP contribution in [0, 0.1) is 0 Å². The molecule has 0 radical (unpaired) electrons. The number of hydrogen-bond acceptors (Lipinski definition) is 5. The van der Waals surface area contributed by atoms with E-state index in [2.05, 4.69) is 20.1 Å². The van der Waals surface area contributed by atoms with Crippen LogP contribution in [0.15, 0.2) is 49.2 Å². The normalized spacial score (nSPS) is 13.0. The smallest absolute Gasteiger partial charge is 0.223 e. The van der Waals surface area contributed by atoms with Crippen molar-refractivity contribution in [3.8, 4) is 11.4 Å². The molecule has 0 N–H and O–H groups in total. The van der Waals surface area contributed by atoms with Gasteiger partial charge in [0, 0.05) is 36.8 Å². The third-order valence-corrected chi connectivity index (χ3v) is 4.29. The molecule has 25 heavy (non-hydrogen) atoms. The number of benzene rings is 1. The monoisotopic (exact) mass is 334 g/mol. The molecule has 0 spiro atoms. The lowest BCUT2D eigenvalue weighted by Gasteiger charge is -2.14. The molecule has 0 unspecified atom stereocenters. The van der Waals surface area contributed by atoms with Crippen molar-refractivity contribution >= 4 is 5.91 Å². The van der Waals surface area contributed by atoms with Gasteiger partial charge in [-0.3, -0.25) is 9.48 Å². The van der Waals surface area contributed by atoms with Crippen LogP contribution in [0.1, 0.15) is 24.1 Å². The fourth-order valence-corrected chi connectivity index (χ4v) is 2.95. The zero-order chi connectivity index (χ0) is 17.1. The van der Waals surface area contributed by atoms with E-state index in [1.807, 2.05) is 41.4 Å². The molecule has 3 aromatic rings. The Labute approximate surface area is 145 Å². The maximum Gasteiger partial charge on any atom is 0.223 e. The third-order valence-electron chi connectivity index (χ3n) is 4.29. The lowest BCUT2D eigenvalue weighted by Crippen LogP contribution is -2.25. The Morgan fingerprint density at radius 2 is 2.04 bits per heavy atom. The van der Waals surface area contributed by atoms with E-state index in [1.54, 1.807) is 11.0 Å². The van der Waals surface area contributed by atoms with Crippen LogP contribution in [0.2, 0.25) is 0 Å². The van der Waals surface area contributed by atoms with Crippen molar-refractivity contribution in [2.45, 2.75) is 32.5 Å². The number of nitrogens with zero attached hydrogens (tertiary/aromatic N) is 6. The Balaban J connectivity index is 1.38. The molecule has 1 aliphatic heterocycles. The maximum absolute atomic E-state index is 12.4. The van der Waals surface area contributed by atoms with Gasteiger partial charge in [0.1, 0.15) is 12.7 Å². The average molecular weight is 334 g/mol. The fourth-order valence-electron chi connectivity index (χ4n) is 2.95. The largest absolute Gasteiger partial charge is 0.332 e. The average Bonchev–Trinajstić information content (AvgIpc) is 3.31. The van der Waals surface area contributed by atoms with Crippen molar-refractivity contribution in [3.63, 3.8) is 0 Å². The molecule has 3 heterocycles. The number of carbonyl (C=O) groups excluding carboxylic acids is 1. The van der Waals surface area contributed by atoms with Gasteiger partial charge >= 0.3 is 0 Å². The van der Waals surface area contributed by atoms with E-state index in [0.29, 0.717) is 31.9 Å². The second kappa shape index (κ2) is 6.80. The summed E-state index contributed by atoms with van der Waals surface area (Å²) < 4.78 is 1.74. The van der Waals surface area contributed by atoms with E-state index in [1.165, 1.54) is 6.33 Å². The van der Waals surface area contributed by atoms with Gasteiger partial charge in [0.15, 0.2) is 5.82 Å². The number of rotatable bonds is 5. The molecule has 126 valence electrons. The highest BCUT2D eigenvalue weighted by Crippen LogP contribution is 2.24. The maximum atomic E-state index is 12.4. The number of aromatic nitrogens is 5. The highest BCUT2D eigenvalue weighted by molar-refractivity contribution is 5.76. The lowest BCUT2D eigenvalue weighted by atomic mass is 10.2. The number of carbonyl (C=O) groups is 1. The highest BCUT2D eigenvalue weighted by Gasteiger charge is 2.25. The molecule has 0 saturated heterocycles. The first kappa shape index (κ1) is 15.4. The van der Waals surface area contributed by atoms with E-state index in [9.17, 15) is 4.79 Å². The van der Waals surface area contributed by atoms with Crippen LogP contribution in [-0.2, 0) is 24.4 Å². The quantitative estimate of drug-likeness (QED) is 0.714. The van der Waals surface area contributed by atoms with Crippen LogP contribution in [-0.4, -0.2) is 35.5 Å². The third kappa shape index (κ3) is 3.40. The molecule has 7 heteroatoms. The summed E-state index contributed by atoms with van der Waals surface area (Å²) in [4.78, 5) is 27.3. The molecule has 0 saturated carbocycles. The number of amides is 1. The highest BCUT2D eigenvalue weighted by atomic mass is 16.2. The van der Waals surface area contributed by atoms with Gasteiger partial charge in [0.05, 0.1) is 12.2 Å². The Bertz CT molecular complexity index is 863. The predicted octanol–water partition coefficient (Wildman–Crippen LogP) is 2.06. The van der Waals surface area contributed by atoms with Gasteiger partial charge in [-0.25, -0.2) is 15.0 Å². The summed E-state index contributed by atoms with van der Waals surface area (Å²) in [5, 5.41) is 4.04. The first-order chi connectivity index (χ1) is 12.3. The summed E-state index contributed by atoms with van der Waals surface area (Å²) >= 11 is 0. The molecule has 0 fully saturated rings. The van der Waals surface area contributed by atoms with E-state index >= 15 is 0 Å². The number of fused-ring (bicyclic) bond motifs is 1. The van der Waals surface area contributed by atoms with Crippen molar-refractivity contribution < 1.29 is 4.79 Å². The number of aryl methyl sites for hydroxylation is 1. The summed E-state index contributed by atoms with van der Waals surface area (Å²) in [6.45, 7) is 1.84. The minimum atomic E-state index is 0.138. The Hall–Kier alpha value is -3.09. The molecular weight excluding hydrogens is 316 g/mol. The first-order valence-corrected chi connectivity index (χ1v) is 8.30. The summed E-state index contributed by atoms with van der Waals surface area (Å²) in [5.41, 5.74) is 2.96. The Morgan fingerprint density at radius 1 is 1.16 bits per heavy atom. The van der Waals surface area contributed by atoms with Gasteiger partial charge in [0.2, 0.25) is 5.91 Å². The molecule has 2 aromatic heterocycles. The standard InChI is InChI=1S/C18H18N6O/c25-17(7-4-8-24-13-19-12-21-24)23-10-15-9-20-18(22-16(15)11-23)14-5-2-1-3-6-14/h1-3,5-6,9,12-13H,4,7-8,10-11H2. The van der Waals surface area contributed by atoms with E-state index in [0.717, 1.165) is 23.2 Å². The topological polar surface area (TPSA) is 76.8 Å². The summed E-state index contributed by atoms with van der Waals surface area (Å²) in [6, 6.07) is 9.89. The van der Waals surface area contributed by atoms with Gasteiger partial charge in [0.25, 0.3) is 0 Å². The SMILES string of the molecule is O=C(CCCn1cncn1)N1Cc2cnc(-c3ccccc3)nc2C1. The van der Waals surface area contributed by atoms with Crippen molar-refractivity contribution in [2.24, 2.45) is 0 Å². The zero-order valence-corrected chi connectivity index (χ0v) is 13.7. The van der Waals surface area contributed by atoms with Gasteiger partial charge in [-0.05, 0) is 6.42 Å². The zero-order valence-electron chi connectivity index (χ0n) is 13.7. The Morgan fingerprint density at radius 3 is 2.84 bits per heavy atom. The van der Waals surface area contributed by atoms with E-state index in [-0.39, 0.29) is 5.91 Å². The van der Waals surface area contributed by atoms with Gasteiger partial charge in [-0.1, -0.05) is 30.3 Å². The molecule has 1 amide bonds. The predicted molar refractivity (Wildman–Crippen MR) is 91.0 cm³/mol. The minimum Gasteiger partial charge on any atom is -0.332 e. The van der Waals surface area contributed by atoms with E-state index in [4.69, 9.17) is 0 Å². The van der Waals surface area contributed by atoms with Crippen LogP contribution in [0.4, 0.5) is 0 Å². The summed E-state index contributed by atoms with van der Waals surface area (Å²) in [5.74, 6) is 0.846. The van der Waals surface area contributed by atoms with Crippen LogP contribution in [0.3, 0.4) is 0 Å². The molecular formula is C18H18N6O. The van der Waals surface area contributed by atoms with Gasteiger partial charge < -0.3 is 4.90 Å². The van der Waals surface area contributed by atoms with Crippen molar-refractivity contribution in [2.75, 3.05) is 0 Å². The number of hydrogen-bond donors (Lipinski definition) is 0. The molecule has 0 bridgehead atoms. The lowest BCUT2D eigenvalue weighted by molar-refractivity contribution is -0.132. The van der Waals surface area contributed by atoms with Gasteiger partial charge in [-0.2, -0.15) is 5.10 Å². The van der Waals surface area contributed by atoms with E-state index < -0.39 is 0 Å². The second-order valence-corrected chi connectivity index (χ2v) is 6.04. The molecule has 4 rings (SSSR count). The van der Waals surface area contributed by atoms with Crippen molar-refractivity contribution in [3.05, 3.63) is 60.4 Å². The van der Waals surface area contributed by atoms with Crippen molar-refractivity contribution in [1.82, 2.24) is 29.6 Å². The molecule has 1 aromatic carbocycles. The van der Waals surface area contributed by atoms with Crippen LogP contribution in [0.5, 0.6) is 0 Å². The molecule has 0 atom stereocenters. The fraction of sp³-hybridized carbons (Fsp3) is 0.278. The van der Waals surface area contributed by atoms with Crippen LogP contribution < -0.4 is 0 Å². The first-order valence-electron chi connectivity index (χ1n) is 8.30. The van der Waals surface area contributed by atoms with Gasteiger partial charge in [-0.15, -0.1) is 0 Å². The van der Waals surface area contributed by atoms with Crippen molar-refractivity contribution in [1.29, 1.82) is 0 Å². The summed E-state index contributed by atoms with van der Waals surface area (Å²) in [6.07, 6.45) is 6.25. The van der Waals surface area contributed by atoms with Crippen LogP contribution >= 0.6 is 0 Å². The minimum absolute atomic E-state index is 0.138. The Kier molecular flexibility index (Phi) is 4.20. The molecule has 7 nitrogen and oxygen atoms in total.